The van der Waals surface area contributed by atoms with Gasteiger partial charge in [0.2, 0.25) is 15.9 Å². The zero-order chi connectivity index (χ0) is 20.6. The van der Waals surface area contributed by atoms with Crippen molar-refractivity contribution < 1.29 is 17.9 Å². The Labute approximate surface area is 171 Å². The van der Waals surface area contributed by atoms with Crippen LogP contribution in [0.5, 0.6) is 5.75 Å². The topological polar surface area (TPSA) is 75.7 Å². The summed E-state index contributed by atoms with van der Waals surface area (Å²) in [6.45, 7) is 0.739. The summed E-state index contributed by atoms with van der Waals surface area (Å²) in [7, 11) is -1.94. The Hall–Kier alpha value is -2.25. The average molecular weight is 425 g/mol. The molecule has 2 aromatic carbocycles. The van der Waals surface area contributed by atoms with E-state index >= 15 is 0 Å². The molecular weight excluding hydrogens is 400 g/mol. The molecule has 0 bridgehead atoms. The lowest BCUT2D eigenvalue weighted by Gasteiger charge is -2.22. The fourth-order valence-electron chi connectivity index (χ4n) is 2.72. The standard InChI is InChI=1S/C20H25ClN2O4S/c1-27-19-6-3-5-18(15-19)23(28(2,25)26)14-4-7-20(24)22-13-12-16-8-10-17(21)11-9-16/h3,5-6,8-11,15H,4,7,12-14H2,1-2H3,(H,22,24). The Kier molecular flexibility index (Phi) is 8.14. The van der Waals surface area contributed by atoms with Crippen LogP contribution < -0.4 is 14.4 Å². The molecule has 0 saturated heterocycles. The van der Waals surface area contributed by atoms with Crippen molar-refractivity contribution in [2.24, 2.45) is 0 Å². The minimum absolute atomic E-state index is 0.104. The van der Waals surface area contributed by atoms with Crippen molar-refractivity contribution in [1.29, 1.82) is 0 Å². The maximum atomic E-state index is 12.1. The highest BCUT2D eigenvalue weighted by atomic mass is 35.5. The van der Waals surface area contributed by atoms with Crippen molar-refractivity contribution in [3.63, 3.8) is 0 Å². The van der Waals surface area contributed by atoms with Gasteiger partial charge in [0.25, 0.3) is 0 Å². The number of rotatable bonds is 10. The summed E-state index contributed by atoms with van der Waals surface area (Å²) < 4.78 is 30.7. The number of anilines is 1. The molecule has 6 nitrogen and oxygen atoms in total. The molecule has 0 aliphatic carbocycles. The molecule has 0 aromatic heterocycles. The van der Waals surface area contributed by atoms with Gasteiger partial charge in [-0.25, -0.2) is 8.42 Å². The third-order valence-corrected chi connectivity index (χ3v) is 5.60. The van der Waals surface area contributed by atoms with Gasteiger partial charge in [-0.1, -0.05) is 29.8 Å². The second-order valence-electron chi connectivity index (χ2n) is 6.37. The SMILES string of the molecule is COc1cccc(N(CCCC(=O)NCCc2ccc(Cl)cc2)S(C)(=O)=O)c1. The van der Waals surface area contributed by atoms with Gasteiger partial charge in [0.05, 0.1) is 19.1 Å². The molecule has 1 amide bonds. The lowest BCUT2D eigenvalue weighted by atomic mass is 10.1. The number of benzene rings is 2. The van der Waals surface area contributed by atoms with Gasteiger partial charge in [-0.2, -0.15) is 0 Å². The number of ether oxygens (including phenoxy) is 1. The molecule has 152 valence electrons. The second kappa shape index (κ2) is 10.3. The Bertz CT molecular complexity index is 885. The highest BCUT2D eigenvalue weighted by Gasteiger charge is 2.18. The molecule has 0 aliphatic heterocycles. The van der Waals surface area contributed by atoms with Crippen LogP contribution in [0.4, 0.5) is 5.69 Å². The molecule has 0 atom stereocenters. The van der Waals surface area contributed by atoms with E-state index in [9.17, 15) is 13.2 Å². The molecule has 1 N–H and O–H groups in total. The normalized spacial score (nSPS) is 11.1. The van der Waals surface area contributed by atoms with E-state index in [4.69, 9.17) is 16.3 Å². The molecule has 0 aliphatic rings. The summed E-state index contributed by atoms with van der Waals surface area (Å²) in [5.41, 5.74) is 1.61. The average Bonchev–Trinajstić information content (AvgIpc) is 2.66. The lowest BCUT2D eigenvalue weighted by Crippen LogP contribution is -2.32. The largest absolute Gasteiger partial charge is 0.497 e. The first-order valence-corrected chi connectivity index (χ1v) is 11.1. The molecule has 0 radical (unpaired) electrons. The fourth-order valence-corrected chi connectivity index (χ4v) is 3.80. The predicted molar refractivity (Wildman–Crippen MR) is 113 cm³/mol. The fraction of sp³-hybridized carbons (Fsp3) is 0.350. The molecular formula is C20H25ClN2O4S. The molecule has 28 heavy (non-hydrogen) atoms. The van der Waals surface area contributed by atoms with Crippen LogP contribution in [0, 0.1) is 0 Å². The molecule has 8 heteroatoms. The van der Waals surface area contributed by atoms with Gasteiger partial charge in [0, 0.05) is 30.6 Å². The number of hydrogen-bond donors (Lipinski definition) is 1. The Morgan fingerprint density at radius 1 is 1.18 bits per heavy atom. The molecule has 0 fully saturated rings. The van der Waals surface area contributed by atoms with Crippen LogP contribution in [0.25, 0.3) is 0 Å². The zero-order valence-electron chi connectivity index (χ0n) is 16.0. The number of halogens is 1. The summed E-state index contributed by atoms with van der Waals surface area (Å²) in [6, 6.07) is 14.3. The van der Waals surface area contributed by atoms with E-state index < -0.39 is 10.0 Å². The number of carbonyl (C=O) groups is 1. The third kappa shape index (κ3) is 7.05. The van der Waals surface area contributed by atoms with E-state index in [1.807, 2.05) is 24.3 Å². The van der Waals surface area contributed by atoms with E-state index in [0.717, 1.165) is 11.8 Å². The summed E-state index contributed by atoms with van der Waals surface area (Å²) in [5, 5.41) is 3.54. The summed E-state index contributed by atoms with van der Waals surface area (Å²) >= 11 is 5.85. The highest BCUT2D eigenvalue weighted by Crippen LogP contribution is 2.23. The van der Waals surface area contributed by atoms with Crippen molar-refractivity contribution in [2.45, 2.75) is 19.3 Å². The molecule has 0 spiro atoms. The molecule has 2 aromatic rings. The number of nitrogens with zero attached hydrogens (tertiary/aromatic N) is 1. The number of nitrogens with one attached hydrogen (secondary N) is 1. The highest BCUT2D eigenvalue weighted by molar-refractivity contribution is 7.92. The van der Waals surface area contributed by atoms with Gasteiger partial charge in [0.15, 0.2) is 0 Å². The third-order valence-electron chi connectivity index (χ3n) is 4.16. The Morgan fingerprint density at radius 3 is 2.54 bits per heavy atom. The number of amides is 1. The first-order chi connectivity index (χ1) is 13.3. The van der Waals surface area contributed by atoms with Gasteiger partial charge in [-0.3, -0.25) is 9.10 Å². The molecule has 0 unspecified atom stereocenters. The van der Waals surface area contributed by atoms with Crippen molar-refractivity contribution in [2.75, 3.05) is 30.8 Å². The second-order valence-corrected chi connectivity index (χ2v) is 8.71. The van der Waals surface area contributed by atoms with Gasteiger partial charge in [-0.05, 0) is 42.7 Å². The van der Waals surface area contributed by atoms with Crippen LogP contribution >= 0.6 is 11.6 Å². The Balaban J connectivity index is 1.82. The van der Waals surface area contributed by atoms with Gasteiger partial charge in [-0.15, -0.1) is 0 Å². The predicted octanol–water partition coefficient (Wildman–Crippen LogP) is 3.25. The van der Waals surface area contributed by atoms with E-state index in [2.05, 4.69) is 5.32 Å². The molecule has 2 rings (SSSR count). The van der Waals surface area contributed by atoms with Crippen LogP contribution in [-0.2, 0) is 21.2 Å². The summed E-state index contributed by atoms with van der Waals surface area (Å²) in [4.78, 5) is 12.0. The maximum absolute atomic E-state index is 12.1. The molecule has 0 saturated carbocycles. The van der Waals surface area contributed by atoms with E-state index in [1.165, 1.54) is 11.4 Å². The van der Waals surface area contributed by atoms with Gasteiger partial charge in [0.1, 0.15) is 5.75 Å². The van der Waals surface area contributed by atoms with Crippen molar-refractivity contribution in [3.05, 3.63) is 59.1 Å². The minimum Gasteiger partial charge on any atom is -0.497 e. The van der Waals surface area contributed by atoms with E-state index in [0.29, 0.717) is 35.8 Å². The van der Waals surface area contributed by atoms with Crippen LogP contribution in [-0.4, -0.2) is 40.8 Å². The van der Waals surface area contributed by atoms with Crippen LogP contribution in [0.3, 0.4) is 0 Å². The van der Waals surface area contributed by atoms with Gasteiger partial charge < -0.3 is 10.1 Å². The van der Waals surface area contributed by atoms with E-state index in [1.54, 1.807) is 24.3 Å². The van der Waals surface area contributed by atoms with Gasteiger partial charge >= 0.3 is 0 Å². The minimum atomic E-state index is -3.46. The first-order valence-electron chi connectivity index (χ1n) is 8.92. The quantitative estimate of drug-likeness (QED) is 0.635. The van der Waals surface area contributed by atoms with Crippen molar-refractivity contribution in [3.8, 4) is 5.75 Å². The number of hydrogen-bond acceptors (Lipinski definition) is 4. The summed E-state index contributed by atoms with van der Waals surface area (Å²) in [6.07, 6.45) is 2.52. The van der Waals surface area contributed by atoms with Crippen LogP contribution in [0.1, 0.15) is 18.4 Å². The lowest BCUT2D eigenvalue weighted by molar-refractivity contribution is -0.121. The van der Waals surface area contributed by atoms with Crippen LogP contribution in [0.15, 0.2) is 48.5 Å². The number of carbonyl (C=O) groups excluding carboxylic acids is 1. The zero-order valence-corrected chi connectivity index (χ0v) is 17.6. The first kappa shape index (κ1) is 22.0. The van der Waals surface area contributed by atoms with Crippen LogP contribution in [0.2, 0.25) is 5.02 Å². The van der Waals surface area contributed by atoms with E-state index in [-0.39, 0.29) is 18.9 Å². The molecule has 0 heterocycles. The monoisotopic (exact) mass is 424 g/mol. The van der Waals surface area contributed by atoms with Crippen molar-refractivity contribution >= 4 is 33.2 Å². The Morgan fingerprint density at radius 2 is 1.89 bits per heavy atom. The smallest absolute Gasteiger partial charge is 0.232 e. The maximum Gasteiger partial charge on any atom is 0.232 e. The number of sulfonamides is 1. The van der Waals surface area contributed by atoms with Crippen molar-refractivity contribution in [1.82, 2.24) is 5.32 Å². The summed E-state index contributed by atoms with van der Waals surface area (Å²) in [5.74, 6) is 0.471. The number of methoxy groups -OCH3 is 1.